The first-order chi connectivity index (χ1) is 13.5. The molecule has 1 heterocycles. The van der Waals surface area contributed by atoms with E-state index in [0.29, 0.717) is 21.6 Å². The lowest BCUT2D eigenvalue weighted by atomic mass is 10.1. The van der Waals surface area contributed by atoms with Crippen molar-refractivity contribution in [2.24, 2.45) is 0 Å². The lowest BCUT2D eigenvalue weighted by Crippen LogP contribution is -2.32. The van der Waals surface area contributed by atoms with Gasteiger partial charge in [0.25, 0.3) is 0 Å². The Hall–Kier alpha value is -3.12. The minimum atomic E-state index is -0.511. The summed E-state index contributed by atoms with van der Waals surface area (Å²) in [5.41, 5.74) is 2.17. The molecule has 0 radical (unpaired) electrons. The van der Waals surface area contributed by atoms with Gasteiger partial charge in [-0.2, -0.15) is 0 Å². The summed E-state index contributed by atoms with van der Waals surface area (Å²) in [4.78, 5) is 30.8. The highest BCUT2D eigenvalue weighted by Gasteiger charge is 2.19. The summed E-state index contributed by atoms with van der Waals surface area (Å²) in [7, 11) is 1.70. The van der Waals surface area contributed by atoms with E-state index in [1.165, 1.54) is 6.20 Å². The molecule has 1 N–H and O–H groups in total. The van der Waals surface area contributed by atoms with E-state index in [1.54, 1.807) is 37.1 Å². The number of likely N-dealkylation sites (N-methyl/N-ethyl adjacent to an activating group) is 1. The molecule has 144 valence electrons. The van der Waals surface area contributed by atoms with Crippen molar-refractivity contribution in [1.82, 2.24) is 4.98 Å². The number of carbonyl (C=O) groups is 2. The summed E-state index contributed by atoms with van der Waals surface area (Å²) < 4.78 is 5.12. The number of rotatable bonds is 6. The minimum absolute atomic E-state index is 0.0105. The van der Waals surface area contributed by atoms with E-state index in [2.05, 4.69) is 10.3 Å². The van der Waals surface area contributed by atoms with Gasteiger partial charge in [-0.05, 0) is 37.3 Å². The van der Waals surface area contributed by atoms with Crippen LogP contribution in [0.1, 0.15) is 17.3 Å². The number of carbonyl (C=O) groups excluding carboxylic acids is 2. The maximum atomic E-state index is 12.6. The van der Waals surface area contributed by atoms with Crippen LogP contribution in [0.4, 0.5) is 11.4 Å². The molecule has 1 aromatic heterocycles. The van der Waals surface area contributed by atoms with Gasteiger partial charge in [-0.25, -0.2) is 4.79 Å². The molecule has 0 fully saturated rings. The van der Waals surface area contributed by atoms with Crippen molar-refractivity contribution >= 4 is 45.8 Å². The van der Waals surface area contributed by atoms with E-state index < -0.39 is 5.97 Å². The smallest absolute Gasteiger partial charge is 0.341 e. The number of halogens is 1. The molecule has 0 spiro atoms. The third-order valence-corrected chi connectivity index (χ3v) is 4.49. The Morgan fingerprint density at radius 2 is 1.93 bits per heavy atom. The molecule has 0 unspecified atom stereocenters. The zero-order valence-corrected chi connectivity index (χ0v) is 16.4. The van der Waals surface area contributed by atoms with E-state index in [-0.39, 0.29) is 24.6 Å². The molecule has 28 heavy (non-hydrogen) atoms. The number of amides is 1. The third kappa shape index (κ3) is 4.23. The van der Waals surface area contributed by atoms with E-state index in [9.17, 15) is 9.59 Å². The molecule has 3 aromatic rings. The number of benzene rings is 2. The monoisotopic (exact) mass is 397 g/mol. The number of fused-ring (bicyclic) bond motifs is 1. The van der Waals surface area contributed by atoms with E-state index >= 15 is 0 Å². The minimum Gasteiger partial charge on any atom is -0.462 e. The van der Waals surface area contributed by atoms with Crippen molar-refractivity contribution in [2.45, 2.75) is 6.92 Å². The van der Waals surface area contributed by atoms with Crippen LogP contribution >= 0.6 is 11.6 Å². The summed E-state index contributed by atoms with van der Waals surface area (Å²) >= 11 is 6.13. The number of hydrogen-bond acceptors (Lipinski definition) is 5. The van der Waals surface area contributed by atoms with Crippen molar-refractivity contribution in [3.05, 3.63) is 65.3 Å². The summed E-state index contributed by atoms with van der Waals surface area (Å²) in [6.07, 6.45) is 1.45. The van der Waals surface area contributed by atoms with Gasteiger partial charge in [-0.3, -0.25) is 9.78 Å². The molecule has 0 atom stereocenters. The number of hydrogen-bond donors (Lipinski definition) is 1. The van der Waals surface area contributed by atoms with Crippen LogP contribution in [0.2, 0.25) is 5.02 Å². The van der Waals surface area contributed by atoms with Crippen molar-refractivity contribution in [3.63, 3.8) is 0 Å². The van der Waals surface area contributed by atoms with Crippen LogP contribution in [0.5, 0.6) is 0 Å². The molecule has 7 heteroatoms. The van der Waals surface area contributed by atoms with Gasteiger partial charge in [0.05, 0.1) is 24.4 Å². The number of esters is 1. The second kappa shape index (κ2) is 8.71. The molecule has 2 aromatic carbocycles. The largest absolute Gasteiger partial charge is 0.462 e. The SMILES string of the molecule is CCOC(=O)c1cnc2ccc(Cl)cc2c1NCC(=O)N(C)c1ccccc1. The third-order valence-electron chi connectivity index (χ3n) is 4.26. The number of pyridine rings is 1. The zero-order chi connectivity index (χ0) is 20.1. The fourth-order valence-corrected chi connectivity index (χ4v) is 2.97. The second-order valence-electron chi connectivity index (χ2n) is 6.07. The Labute approximate surface area is 168 Å². The van der Waals surface area contributed by atoms with Gasteiger partial charge in [0.1, 0.15) is 5.56 Å². The van der Waals surface area contributed by atoms with Gasteiger partial charge < -0.3 is 15.0 Å². The van der Waals surface area contributed by atoms with Gasteiger partial charge in [0.15, 0.2) is 0 Å². The van der Waals surface area contributed by atoms with Gasteiger partial charge in [0, 0.05) is 29.3 Å². The molecule has 3 rings (SSSR count). The van der Waals surface area contributed by atoms with Crippen LogP contribution in [0.3, 0.4) is 0 Å². The molecular weight excluding hydrogens is 378 g/mol. The van der Waals surface area contributed by atoms with Gasteiger partial charge >= 0.3 is 5.97 Å². The second-order valence-corrected chi connectivity index (χ2v) is 6.51. The average molecular weight is 398 g/mol. The molecule has 0 aliphatic heterocycles. The molecular formula is C21H20ClN3O3. The maximum Gasteiger partial charge on any atom is 0.341 e. The molecule has 0 saturated heterocycles. The lowest BCUT2D eigenvalue weighted by molar-refractivity contribution is -0.116. The molecule has 6 nitrogen and oxygen atoms in total. The Kier molecular flexibility index (Phi) is 6.11. The summed E-state index contributed by atoms with van der Waals surface area (Å²) in [6.45, 7) is 1.96. The number of nitrogens with zero attached hydrogens (tertiary/aromatic N) is 2. The molecule has 0 aliphatic rings. The Morgan fingerprint density at radius 1 is 1.18 bits per heavy atom. The van der Waals surface area contributed by atoms with Crippen molar-refractivity contribution in [2.75, 3.05) is 30.4 Å². The average Bonchev–Trinajstić information content (AvgIpc) is 2.71. The fraction of sp³-hybridized carbons (Fsp3) is 0.190. The Morgan fingerprint density at radius 3 is 2.64 bits per heavy atom. The number of nitrogens with one attached hydrogen (secondary N) is 1. The van der Waals surface area contributed by atoms with Gasteiger partial charge in [-0.1, -0.05) is 29.8 Å². The predicted molar refractivity (Wildman–Crippen MR) is 111 cm³/mol. The van der Waals surface area contributed by atoms with E-state index in [1.807, 2.05) is 30.3 Å². The molecule has 0 aliphatic carbocycles. The highest BCUT2D eigenvalue weighted by molar-refractivity contribution is 6.31. The summed E-state index contributed by atoms with van der Waals surface area (Å²) in [5, 5.41) is 4.23. The highest BCUT2D eigenvalue weighted by Crippen LogP contribution is 2.29. The molecule has 0 saturated carbocycles. The van der Waals surface area contributed by atoms with Crippen LogP contribution in [-0.2, 0) is 9.53 Å². The van der Waals surface area contributed by atoms with Crippen LogP contribution in [0, 0.1) is 0 Å². The van der Waals surface area contributed by atoms with Gasteiger partial charge in [-0.15, -0.1) is 0 Å². The quantitative estimate of drug-likeness (QED) is 0.633. The van der Waals surface area contributed by atoms with Crippen LogP contribution in [0.15, 0.2) is 54.7 Å². The first-order valence-corrected chi connectivity index (χ1v) is 9.20. The van der Waals surface area contributed by atoms with Gasteiger partial charge in [0.2, 0.25) is 5.91 Å². The maximum absolute atomic E-state index is 12.6. The van der Waals surface area contributed by atoms with E-state index in [0.717, 1.165) is 5.69 Å². The van der Waals surface area contributed by atoms with E-state index in [4.69, 9.17) is 16.3 Å². The normalized spacial score (nSPS) is 10.5. The van der Waals surface area contributed by atoms with Crippen molar-refractivity contribution < 1.29 is 14.3 Å². The van der Waals surface area contributed by atoms with Crippen molar-refractivity contribution in [1.29, 1.82) is 0 Å². The number of ether oxygens (including phenoxy) is 1. The van der Waals surface area contributed by atoms with Crippen molar-refractivity contribution in [3.8, 4) is 0 Å². The topological polar surface area (TPSA) is 71.5 Å². The highest BCUT2D eigenvalue weighted by atomic mass is 35.5. The molecule has 0 bridgehead atoms. The fourth-order valence-electron chi connectivity index (χ4n) is 2.80. The van der Waals surface area contributed by atoms with Crippen LogP contribution in [-0.4, -0.2) is 37.1 Å². The Bertz CT molecular complexity index is 1010. The van der Waals surface area contributed by atoms with Crippen LogP contribution in [0.25, 0.3) is 10.9 Å². The Balaban J connectivity index is 1.91. The summed E-state index contributed by atoms with van der Waals surface area (Å²) in [6, 6.07) is 14.5. The predicted octanol–water partition coefficient (Wildman–Crippen LogP) is 4.14. The zero-order valence-electron chi connectivity index (χ0n) is 15.6. The summed E-state index contributed by atoms with van der Waals surface area (Å²) in [5.74, 6) is -0.670. The first kappa shape index (κ1) is 19.6. The number of anilines is 2. The lowest BCUT2D eigenvalue weighted by Gasteiger charge is -2.19. The first-order valence-electron chi connectivity index (χ1n) is 8.82. The number of para-hydroxylation sites is 1. The molecule has 1 amide bonds. The standard InChI is InChI=1S/C21H20ClN3O3/c1-3-28-21(27)17-12-23-18-10-9-14(22)11-16(18)20(17)24-13-19(26)25(2)15-7-5-4-6-8-15/h4-12H,3,13H2,1-2H3,(H,23,24). The van der Waals surface area contributed by atoms with Crippen LogP contribution < -0.4 is 10.2 Å². The number of aromatic nitrogens is 1.